The first-order chi connectivity index (χ1) is 14.1. The Morgan fingerprint density at radius 3 is 2.07 bits per heavy atom. The molecule has 11 nitrogen and oxygen atoms in total. The number of esters is 3. The summed E-state index contributed by atoms with van der Waals surface area (Å²) < 4.78 is 27.4. The second-order valence-corrected chi connectivity index (χ2v) is 7.00. The van der Waals surface area contributed by atoms with Crippen LogP contribution in [0.5, 0.6) is 0 Å². The van der Waals surface area contributed by atoms with Gasteiger partial charge < -0.3 is 34.7 Å². The smallest absolute Gasteiger partial charge is 0.303 e. The third-order valence-electron chi connectivity index (χ3n) is 4.25. The Kier molecular flexibility index (Phi) is 11.3. The van der Waals surface area contributed by atoms with Gasteiger partial charge in [-0.1, -0.05) is 0 Å². The SMILES string of the molecule is CC(=O)N[C@H]1[C@H](OCCCCC[NH3+])O[C@H](COC(C)=O)[C@H](OC(C)=O)[C@@H]1OC(C)=O. The average molecular weight is 433 g/mol. The third kappa shape index (κ3) is 9.06. The maximum atomic E-state index is 11.8. The van der Waals surface area contributed by atoms with Gasteiger partial charge in [0.05, 0.1) is 6.54 Å². The summed E-state index contributed by atoms with van der Waals surface area (Å²) in [5, 5.41) is 2.65. The lowest BCUT2D eigenvalue weighted by molar-refractivity contribution is -0.368. The van der Waals surface area contributed by atoms with E-state index in [1.165, 1.54) is 27.7 Å². The summed E-state index contributed by atoms with van der Waals surface area (Å²) in [5.41, 5.74) is 3.79. The average Bonchev–Trinajstić information content (AvgIpc) is 2.63. The van der Waals surface area contributed by atoms with Crippen LogP contribution in [0.2, 0.25) is 0 Å². The summed E-state index contributed by atoms with van der Waals surface area (Å²) in [6.45, 7) is 5.79. The van der Waals surface area contributed by atoms with Gasteiger partial charge >= 0.3 is 17.9 Å². The van der Waals surface area contributed by atoms with Crippen molar-refractivity contribution in [3.8, 4) is 0 Å². The Balaban J connectivity index is 3.13. The summed E-state index contributed by atoms with van der Waals surface area (Å²) in [7, 11) is 0. The Bertz CT molecular complexity index is 599. The van der Waals surface area contributed by atoms with Gasteiger partial charge in [0, 0.05) is 34.3 Å². The Morgan fingerprint density at radius 1 is 0.900 bits per heavy atom. The highest BCUT2D eigenvalue weighted by atomic mass is 16.7. The van der Waals surface area contributed by atoms with E-state index in [0.29, 0.717) is 6.61 Å². The Morgan fingerprint density at radius 2 is 1.53 bits per heavy atom. The van der Waals surface area contributed by atoms with Crippen LogP contribution >= 0.6 is 0 Å². The van der Waals surface area contributed by atoms with Gasteiger partial charge in [0.25, 0.3) is 0 Å². The van der Waals surface area contributed by atoms with Crippen molar-refractivity contribution < 1.29 is 48.6 Å². The number of quaternary nitrogens is 1. The van der Waals surface area contributed by atoms with Crippen molar-refractivity contribution in [3.05, 3.63) is 0 Å². The van der Waals surface area contributed by atoms with E-state index in [9.17, 15) is 19.2 Å². The maximum Gasteiger partial charge on any atom is 0.303 e. The molecule has 11 heteroatoms. The summed E-state index contributed by atoms with van der Waals surface area (Å²) in [4.78, 5) is 46.5. The van der Waals surface area contributed by atoms with Crippen LogP contribution in [-0.2, 0) is 42.9 Å². The summed E-state index contributed by atoms with van der Waals surface area (Å²) in [6.07, 6.45) is -1.60. The van der Waals surface area contributed by atoms with Gasteiger partial charge in [-0.3, -0.25) is 19.2 Å². The van der Waals surface area contributed by atoms with Crippen molar-refractivity contribution in [1.82, 2.24) is 5.32 Å². The molecular weight excluding hydrogens is 400 g/mol. The van der Waals surface area contributed by atoms with E-state index in [0.717, 1.165) is 25.8 Å². The van der Waals surface area contributed by atoms with Crippen LogP contribution in [0.25, 0.3) is 0 Å². The highest BCUT2D eigenvalue weighted by Gasteiger charge is 2.51. The molecule has 1 saturated heterocycles. The molecule has 0 radical (unpaired) electrons. The Labute approximate surface area is 175 Å². The number of carbonyl (C=O) groups excluding carboxylic acids is 4. The topological polar surface area (TPSA) is 154 Å². The van der Waals surface area contributed by atoms with Crippen LogP contribution in [0, 0.1) is 0 Å². The fourth-order valence-corrected chi connectivity index (χ4v) is 3.09. The fourth-order valence-electron chi connectivity index (χ4n) is 3.09. The molecule has 0 aromatic heterocycles. The van der Waals surface area contributed by atoms with E-state index < -0.39 is 54.5 Å². The number of unbranched alkanes of at least 4 members (excludes halogenated alkanes) is 2. The maximum absolute atomic E-state index is 11.8. The predicted octanol–water partition coefficient (Wildman–Crippen LogP) is -0.929. The lowest BCUT2D eigenvalue weighted by Gasteiger charge is -2.44. The molecular formula is C19H33N2O9+. The molecule has 172 valence electrons. The van der Waals surface area contributed by atoms with E-state index in [1.807, 2.05) is 0 Å². The minimum atomic E-state index is -1.12. The zero-order chi connectivity index (χ0) is 22.7. The van der Waals surface area contributed by atoms with Crippen LogP contribution in [0.4, 0.5) is 0 Å². The molecule has 0 aromatic rings. The summed E-state index contributed by atoms with van der Waals surface area (Å²) in [5.74, 6) is -2.26. The van der Waals surface area contributed by atoms with Crippen LogP contribution < -0.4 is 11.1 Å². The lowest BCUT2D eigenvalue weighted by Crippen LogP contribution is -2.66. The molecule has 0 aliphatic carbocycles. The van der Waals surface area contributed by atoms with Crippen molar-refractivity contribution in [2.45, 2.75) is 77.6 Å². The molecule has 1 fully saturated rings. The van der Waals surface area contributed by atoms with Gasteiger partial charge in [0.15, 0.2) is 18.5 Å². The molecule has 4 N–H and O–H groups in total. The molecule has 0 aromatic carbocycles. The van der Waals surface area contributed by atoms with E-state index >= 15 is 0 Å². The monoisotopic (exact) mass is 433 g/mol. The van der Waals surface area contributed by atoms with Crippen molar-refractivity contribution in [2.24, 2.45) is 0 Å². The summed E-state index contributed by atoms with van der Waals surface area (Å²) >= 11 is 0. The van der Waals surface area contributed by atoms with Gasteiger partial charge in [-0.05, 0) is 19.3 Å². The first-order valence-corrected chi connectivity index (χ1v) is 9.96. The molecule has 0 spiro atoms. The highest BCUT2D eigenvalue weighted by Crippen LogP contribution is 2.28. The first-order valence-electron chi connectivity index (χ1n) is 9.96. The van der Waals surface area contributed by atoms with Gasteiger partial charge in [0.2, 0.25) is 5.91 Å². The van der Waals surface area contributed by atoms with Crippen molar-refractivity contribution in [2.75, 3.05) is 19.8 Å². The van der Waals surface area contributed by atoms with Crippen LogP contribution in [-0.4, -0.2) is 74.2 Å². The van der Waals surface area contributed by atoms with Gasteiger partial charge in [0.1, 0.15) is 18.8 Å². The van der Waals surface area contributed by atoms with Crippen LogP contribution in [0.1, 0.15) is 47.0 Å². The number of hydrogen-bond acceptors (Lipinski definition) is 9. The number of ether oxygens (including phenoxy) is 5. The van der Waals surface area contributed by atoms with Crippen molar-refractivity contribution >= 4 is 23.8 Å². The zero-order valence-electron chi connectivity index (χ0n) is 18.0. The van der Waals surface area contributed by atoms with E-state index in [-0.39, 0.29) is 6.61 Å². The predicted molar refractivity (Wildman–Crippen MR) is 102 cm³/mol. The molecule has 0 unspecified atom stereocenters. The minimum absolute atomic E-state index is 0.251. The number of carbonyl (C=O) groups is 4. The molecule has 1 amide bonds. The molecule has 30 heavy (non-hydrogen) atoms. The molecule has 0 saturated carbocycles. The van der Waals surface area contributed by atoms with Crippen LogP contribution in [0.15, 0.2) is 0 Å². The second kappa shape index (κ2) is 13.1. The van der Waals surface area contributed by atoms with Gasteiger partial charge in [-0.25, -0.2) is 0 Å². The standard InChI is InChI=1S/C19H32N2O9/c1-11(22)21-16-18(29-14(4)25)17(28-13(3)24)15(10-27-12(2)23)30-19(16)26-9-7-5-6-8-20/h15-19H,5-10,20H2,1-4H3,(H,21,22)/p+1/t15-,16-,17+,18-,19-/m1/s1. The lowest BCUT2D eigenvalue weighted by atomic mass is 9.96. The zero-order valence-corrected chi connectivity index (χ0v) is 18.0. The second-order valence-electron chi connectivity index (χ2n) is 7.00. The van der Waals surface area contributed by atoms with Crippen molar-refractivity contribution in [1.29, 1.82) is 0 Å². The molecule has 1 rings (SSSR count). The molecule has 1 aliphatic heterocycles. The molecule has 1 aliphatic rings. The highest BCUT2D eigenvalue weighted by molar-refractivity contribution is 5.73. The molecule has 5 atom stereocenters. The van der Waals surface area contributed by atoms with Crippen LogP contribution in [0.3, 0.4) is 0 Å². The number of nitrogens with one attached hydrogen (secondary N) is 1. The molecule has 0 bridgehead atoms. The van der Waals surface area contributed by atoms with Gasteiger partial charge in [-0.15, -0.1) is 0 Å². The van der Waals surface area contributed by atoms with E-state index in [2.05, 4.69) is 11.1 Å². The van der Waals surface area contributed by atoms with E-state index in [1.54, 1.807) is 0 Å². The number of rotatable bonds is 11. The largest absolute Gasteiger partial charge is 0.463 e. The Hall–Kier alpha value is -2.24. The number of amides is 1. The normalized spacial score (nSPS) is 25.8. The quantitative estimate of drug-likeness (QED) is 0.239. The van der Waals surface area contributed by atoms with Gasteiger partial charge in [-0.2, -0.15) is 0 Å². The van der Waals surface area contributed by atoms with Crippen molar-refractivity contribution in [3.63, 3.8) is 0 Å². The minimum Gasteiger partial charge on any atom is -0.463 e. The first kappa shape index (κ1) is 25.8. The van der Waals surface area contributed by atoms with E-state index in [4.69, 9.17) is 23.7 Å². The summed E-state index contributed by atoms with van der Waals surface area (Å²) in [6, 6.07) is -0.933. The third-order valence-corrected chi connectivity index (χ3v) is 4.25. The molecule has 1 heterocycles. The number of hydrogen-bond donors (Lipinski definition) is 2. The fraction of sp³-hybridized carbons (Fsp3) is 0.789.